The van der Waals surface area contributed by atoms with Crippen LogP contribution in [0.1, 0.15) is 43.5 Å². The topological polar surface area (TPSA) is 140 Å². The lowest BCUT2D eigenvalue weighted by Gasteiger charge is -2.34. The lowest BCUT2D eigenvalue weighted by molar-refractivity contribution is -0.138. The molecule has 1 aromatic carbocycles. The van der Waals surface area contributed by atoms with Gasteiger partial charge in [-0.15, -0.1) is 0 Å². The Labute approximate surface area is 246 Å². The lowest BCUT2D eigenvalue weighted by atomic mass is 10.0. The predicted octanol–water partition coefficient (Wildman–Crippen LogP) is 0.652. The van der Waals surface area contributed by atoms with Gasteiger partial charge in [0.05, 0.1) is 12.6 Å². The van der Waals surface area contributed by atoms with Gasteiger partial charge in [-0.25, -0.2) is 13.4 Å². The number of carbonyl (C=O) groups is 4. The molecule has 0 bridgehead atoms. The van der Waals surface area contributed by atoms with Crippen molar-refractivity contribution in [2.75, 3.05) is 51.2 Å². The highest BCUT2D eigenvalue weighted by Gasteiger charge is 2.55. The molecule has 13 heteroatoms. The number of piperazine rings is 1. The summed E-state index contributed by atoms with van der Waals surface area (Å²) in [5, 5.41) is 2.30. The molecule has 3 saturated heterocycles. The number of ketones is 2. The zero-order chi connectivity index (χ0) is 30.2. The van der Waals surface area contributed by atoms with Crippen LogP contribution < -0.4 is 10.2 Å². The third-order valence-corrected chi connectivity index (χ3v) is 10.2. The highest BCUT2D eigenvalue weighted by atomic mass is 32.2. The van der Waals surface area contributed by atoms with E-state index in [0.717, 1.165) is 36.2 Å². The van der Waals surface area contributed by atoms with Crippen molar-refractivity contribution >= 4 is 44.1 Å². The summed E-state index contributed by atoms with van der Waals surface area (Å²) in [6.07, 6.45) is 3.27. The SMILES string of the molecule is CC(C)CC(NC(=O)c1ccc(N2CCN(C)CC2)cc1)C(=O)N1CCC2C1C(=O)CN2S(=O)(=O)C1=NC=CCC1=O. The van der Waals surface area contributed by atoms with Crippen molar-refractivity contribution in [1.82, 2.24) is 19.4 Å². The van der Waals surface area contributed by atoms with Crippen LogP contribution in [0, 0.1) is 5.92 Å². The number of rotatable bonds is 7. The quantitative estimate of drug-likeness (QED) is 0.483. The molecule has 42 heavy (non-hydrogen) atoms. The molecule has 226 valence electrons. The fourth-order valence-electron chi connectivity index (χ4n) is 6.12. The number of nitrogens with zero attached hydrogens (tertiary/aromatic N) is 5. The number of fused-ring (bicyclic) bond motifs is 1. The fourth-order valence-corrected chi connectivity index (χ4v) is 7.79. The number of sulfonamides is 1. The summed E-state index contributed by atoms with van der Waals surface area (Å²) in [5.74, 6) is -1.78. The highest BCUT2D eigenvalue weighted by molar-refractivity contribution is 8.06. The van der Waals surface area contributed by atoms with Crippen molar-refractivity contribution in [3.8, 4) is 0 Å². The predicted molar refractivity (Wildman–Crippen MR) is 158 cm³/mol. The minimum atomic E-state index is -4.31. The van der Waals surface area contributed by atoms with E-state index in [0.29, 0.717) is 12.0 Å². The molecule has 5 rings (SSSR count). The normalized spacial score (nSPS) is 24.2. The zero-order valence-corrected chi connectivity index (χ0v) is 25.0. The van der Waals surface area contributed by atoms with Gasteiger partial charge in [0.15, 0.2) is 11.6 Å². The number of allylic oxidation sites excluding steroid dienone is 1. The van der Waals surface area contributed by atoms with Crippen LogP contribution in [0.3, 0.4) is 0 Å². The van der Waals surface area contributed by atoms with E-state index >= 15 is 0 Å². The number of aliphatic imine (C=N–C) groups is 1. The van der Waals surface area contributed by atoms with E-state index in [1.807, 2.05) is 26.0 Å². The highest BCUT2D eigenvalue weighted by Crippen LogP contribution is 2.33. The van der Waals surface area contributed by atoms with Crippen LogP contribution in [-0.4, -0.2) is 115 Å². The summed E-state index contributed by atoms with van der Waals surface area (Å²) in [5.41, 5.74) is 1.46. The third kappa shape index (κ3) is 5.90. The first-order chi connectivity index (χ1) is 20.0. The average Bonchev–Trinajstić information content (AvgIpc) is 3.54. The maximum Gasteiger partial charge on any atom is 0.264 e. The van der Waals surface area contributed by atoms with E-state index < -0.39 is 63.1 Å². The number of likely N-dealkylation sites (N-methyl/N-ethyl adjacent to an activating group) is 1. The van der Waals surface area contributed by atoms with Crippen molar-refractivity contribution in [1.29, 1.82) is 0 Å². The van der Waals surface area contributed by atoms with Crippen molar-refractivity contribution in [2.24, 2.45) is 10.9 Å². The second-order valence-corrected chi connectivity index (χ2v) is 13.6. The van der Waals surface area contributed by atoms with Crippen LogP contribution in [0.15, 0.2) is 41.5 Å². The van der Waals surface area contributed by atoms with Crippen molar-refractivity contribution < 1.29 is 27.6 Å². The molecule has 3 atom stereocenters. The largest absolute Gasteiger partial charge is 0.369 e. The van der Waals surface area contributed by atoms with E-state index in [1.165, 1.54) is 17.2 Å². The van der Waals surface area contributed by atoms with E-state index in [2.05, 4.69) is 27.2 Å². The molecule has 0 spiro atoms. The van der Waals surface area contributed by atoms with Crippen LogP contribution >= 0.6 is 0 Å². The summed E-state index contributed by atoms with van der Waals surface area (Å²) < 4.78 is 27.6. The van der Waals surface area contributed by atoms with Gasteiger partial charge < -0.3 is 20.0 Å². The summed E-state index contributed by atoms with van der Waals surface area (Å²) in [7, 11) is -2.22. The zero-order valence-electron chi connectivity index (χ0n) is 24.2. The van der Waals surface area contributed by atoms with E-state index in [9.17, 15) is 27.6 Å². The van der Waals surface area contributed by atoms with Crippen molar-refractivity contribution in [3.63, 3.8) is 0 Å². The number of anilines is 1. The number of Topliss-reactive ketones (excluding diaryl/α,β-unsaturated/α-hetero) is 2. The molecule has 12 nitrogen and oxygen atoms in total. The average molecular weight is 599 g/mol. The molecule has 4 heterocycles. The van der Waals surface area contributed by atoms with Crippen molar-refractivity contribution in [2.45, 2.75) is 51.2 Å². The molecule has 1 N–H and O–H groups in total. The van der Waals surface area contributed by atoms with Crippen LogP contribution in [0.4, 0.5) is 5.69 Å². The van der Waals surface area contributed by atoms with E-state index in [1.54, 1.807) is 12.1 Å². The van der Waals surface area contributed by atoms with Crippen LogP contribution in [0.5, 0.6) is 0 Å². The molecule has 3 fully saturated rings. The molecular formula is C29H38N6O6S. The summed E-state index contributed by atoms with van der Waals surface area (Å²) in [6, 6.07) is 4.67. The van der Waals surface area contributed by atoms with E-state index in [-0.39, 0.29) is 25.3 Å². The number of hydrogen-bond acceptors (Lipinski definition) is 9. The maximum atomic E-state index is 13.8. The molecule has 0 aromatic heterocycles. The first-order valence-electron chi connectivity index (χ1n) is 14.4. The number of nitrogens with one attached hydrogen (secondary N) is 1. The maximum absolute atomic E-state index is 13.8. The van der Waals surface area contributed by atoms with Gasteiger partial charge in [-0.2, -0.15) is 4.31 Å². The lowest BCUT2D eigenvalue weighted by Crippen LogP contribution is -2.53. The Balaban J connectivity index is 1.29. The monoisotopic (exact) mass is 598 g/mol. The number of amides is 2. The van der Waals surface area contributed by atoms with Gasteiger partial charge in [0.1, 0.15) is 12.1 Å². The number of benzene rings is 1. The summed E-state index contributed by atoms with van der Waals surface area (Å²) in [6.45, 7) is 7.36. The Hall–Kier alpha value is -3.42. The second-order valence-electron chi connectivity index (χ2n) is 11.8. The minimum Gasteiger partial charge on any atom is -0.369 e. The molecule has 2 amide bonds. The van der Waals surface area contributed by atoms with Crippen LogP contribution in [-0.2, 0) is 24.4 Å². The van der Waals surface area contributed by atoms with Crippen LogP contribution in [0.2, 0.25) is 0 Å². The standard InChI is InChI=1S/C29H38N6O6S/c1-19(2)17-22(31-27(38)20-6-8-21(9-7-20)33-15-13-32(3)14-16-33)29(39)34-12-10-23-26(34)25(37)18-35(23)42(40,41)28-24(36)5-4-11-30-28/h4,6-9,11,19,22-23,26H,5,10,12-18H2,1-3H3,(H,31,38). The van der Waals surface area contributed by atoms with Gasteiger partial charge in [-0.3, -0.25) is 19.2 Å². The Morgan fingerprint density at radius 3 is 2.38 bits per heavy atom. The summed E-state index contributed by atoms with van der Waals surface area (Å²) in [4.78, 5) is 62.2. The molecule has 1 aromatic rings. The molecular weight excluding hydrogens is 560 g/mol. The Kier molecular flexibility index (Phi) is 8.63. The van der Waals surface area contributed by atoms with Gasteiger partial charge in [-0.1, -0.05) is 19.9 Å². The van der Waals surface area contributed by atoms with Crippen molar-refractivity contribution in [3.05, 3.63) is 42.1 Å². The molecule has 4 aliphatic heterocycles. The minimum absolute atomic E-state index is 0.0665. The Morgan fingerprint density at radius 1 is 1.05 bits per heavy atom. The Bertz CT molecular complexity index is 1410. The second kappa shape index (κ2) is 12.1. The number of likely N-dealkylation sites (tertiary alicyclic amines) is 1. The van der Waals surface area contributed by atoms with Crippen LogP contribution in [0.25, 0.3) is 0 Å². The summed E-state index contributed by atoms with van der Waals surface area (Å²) >= 11 is 0. The smallest absolute Gasteiger partial charge is 0.264 e. The first-order valence-corrected chi connectivity index (χ1v) is 15.9. The molecule has 3 unspecified atom stereocenters. The molecule has 0 radical (unpaired) electrons. The van der Waals surface area contributed by atoms with E-state index in [4.69, 9.17) is 0 Å². The van der Waals surface area contributed by atoms with Gasteiger partial charge in [0.25, 0.3) is 15.9 Å². The van der Waals surface area contributed by atoms with Gasteiger partial charge in [0, 0.05) is 56.6 Å². The van der Waals surface area contributed by atoms with Gasteiger partial charge in [0.2, 0.25) is 11.0 Å². The third-order valence-electron chi connectivity index (χ3n) is 8.36. The molecule has 0 saturated carbocycles. The number of carbonyl (C=O) groups excluding carboxylic acids is 4. The molecule has 4 aliphatic rings. The van der Waals surface area contributed by atoms with Gasteiger partial charge >= 0.3 is 0 Å². The Morgan fingerprint density at radius 2 is 1.74 bits per heavy atom. The number of hydrogen-bond donors (Lipinski definition) is 1. The fraction of sp³-hybridized carbons (Fsp3) is 0.552. The van der Waals surface area contributed by atoms with Gasteiger partial charge in [-0.05, 0) is 50.1 Å². The molecule has 0 aliphatic carbocycles. The first kappa shape index (κ1) is 30.1.